The predicted octanol–water partition coefficient (Wildman–Crippen LogP) is 0.384. The van der Waals surface area contributed by atoms with Crippen LogP contribution >= 0.6 is 0 Å². The summed E-state index contributed by atoms with van der Waals surface area (Å²) in [5.41, 5.74) is 0. The van der Waals surface area contributed by atoms with Crippen molar-refractivity contribution in [3.63, 3.8) is 0 Å². The van der Waals surface area contributed by atoms with E-state index in [-0.39, 0.29) is 18.0 Å². The summed E-state index contributed by atoms with van der Waals surface area (Å²) in [6.45, 7) is 8.46. The van der Waals surface area contributed by atoms with E-state index in [0.717, 1.165) is 6.42 Å². The Balaban J connectivity index is 2.79. The SMILES string of the molecule is BC1OC(CC(C)C)C(C(C)C)C(O)C1O. The van der Waals surface area contributed by atoms with Crippen molar-refractivity contribution < 1.29 is 14.9 Å². The lowest BCUT2D eigenvalue weighted by Crippen LogP contribution is -2.56. The number of hydrogen-bond donors (Lipinski definition) is 2. The molecule has 0 bridgehead atoms. The quantitative estimate of drug-likeness (QED) is 0.687. The normalized spacial score (nSPS) is 40.6. The summed E-state index contributed by atoms with van der Waals surface area (Å²) in [5, 5.41) is 20.0. The van der Waals surface area contributed by atoms with Crippen LogP contribution in [0.5, 0.6) is 0 Å². The van der Waals surface area contributed by atoms with Gasteiger partial charge >= 0.3 is 0 Å². The van der Waals surface area contributed by atoms with Crippen LogP contribution in [0.2, 0.25) is 0 Å². The van der Waals surface area contributed by atoms with Crippen LogP contribution in [0.1, 0.15) is 34.1 Å². The Morgan fingerprint density at radius 1 is 1.12 bits per heavy atom. The van der Waals surface area contributed by atoms with E-state index in [1.165, 1.54) is 0 Å². The maximum Gasteiger partial charge on any atom is 0.142 e. The first kappa shape index (κ1) is 14.0. The van der Waals surface area contributed by atoms with Crippen molar-refractivity contribution in [2.75, 3.05) is 0 Å². The fourth-order valence-corrected chi connectivity index (χ4v) is 2.67. The van der Waals surface area contributed by atoms with Gasteiger partial charge < -0.3 is 14.9 Å². The van der Waals surface area contributed by atoms with Crippen molar-refractivity contribution in [3.05, 3.63) is 0 Å². The second-order valence-electron chi connectivity index (χ2n) is 5.81. The van der Waals surface area contributed by atoms with Crippen LogP contribution in [0.15, 0.2) is 0 Å². The second kappa shape index (κ2) is 5.52. The Bertz CT molecular complexity index is 220. The Hall–Kier alpha value is -0.0551. The van der Waals surface area contributed by atoms with Crippen LogP contribution in [0.25, 0.3) is 0 Å². The van der Waals surface area contributed by atoms with E-state index in [2.05, 4.69) is 27.7 Å². The molecule has 2 N–H and O–H groups in total. The van der Waals surface area contributed by atoms with Gasteiger partial charge in [-0.3, -0.25) is 0 Å². The molecule has 0 amide bonds. The van der Waals surface area contributed by atoms with Gasteiger partial charge in [0.2, 0.25) is 0 Å². The van der Waals surface area contributed by atoms with Gasteiger partial charge in [-0.15, -0.1) is 0 Å². The molecule has 0 aromatic heterocycles. The first-order valence-electron chi connectivity index (χ1n) is 6.36. The highest BCUT2D eigenvalue weighted by Crippen LogP contribution is 2.33. The maximum absolute atomic E-state index is 10.1. The molecule has 16 heavy (non-hydrogen) atoms. The molecule has 1 fully saturated rings. The molecule has 5 atom stereocenters. The number of aliphatic hydroxyl groups excluding tert-OH is 2. The first-order valence-corrected chi connectivity index (χ1v) is 6.36. The Kier molecular flexibility index (Phi) is 4.83. The number of rotatable bonds is 3. The highest BCUT2D eigenvalue weighted by atomic mass is 16.5. The van der Waals surface area contributed by atoms with Crippen molar-refractivity contribution in [1.29, 1.82) is 0 Å². The average molecular weight is 228 g/mol. The van der Waals surface area contributed by atoms with E-state index >= 15 is 0 Å². The van der Waals surface area contributed by atoms with E-state index in [1.54, 1.807) is 0 Å². The standard InChI is InChI=1S/C12H25BO3/c1-6(2)5-8-9(7(3)4)10(14)11(15)12(13)16-8/h6-12,14-15H,5,13H2,1-4H3. The second-order valence-corrected chi connectivity index (χ2v) is 5.81. The lowest BCUT2D eigenvalue weighted by Gasteiger charge is -2.44. The van der Waals surface area contributed by atoms with Crippen LogP contribution in [0.4, 0.5) is 0 Å². The minimum atomic E-state index is -0.754. The molecule has 1 saturated heterocycles. The summed E-state index contributed by atoms with van der Waals surface area (Å²) in [6, 6.07) is -0.270. The zero-order chi connectivity index (χ0) is 12.5. The van der Waals surface area contributed by atoms with Crippen LogP contribution in [-0.2, 0) is 4.74 Å². The molecule has 1 rings (SSSR count). The van der Waals surface area contributed by atoms with Crippen molar-refractivity contribution >= 4 is 7.85 Å². The molecule has 1 aliphatic rings. The van der Waals surface area contributed by atoms with Gasteiger partial charge in [0.05, 0.1) is 24.3 Å². The highest BCUT2D eigenvalue weighted by molar-refractivity contribution is 6.11. The minimum Gasteiger partial charge on any atom is -0.390 e. The van der Waals surface area contributed by atoms with Gasteiger partial charge in [0.15, 0.2) is 0 Å². The number of aliphatic hydroxyl groups is 2. The van der Waals surface area contributed by atoms with Gasteiger partial charge in [-0.05, 0) is 18.3 Å². The number of ether oxygens (including phenoxy) is 1. The first-order chi connectivity index (χ1) is 7.34. The molecule has 0 spiro atoms. The highest BCUT2D eigenvalue weighted by Gasteiger charge is 2.43. The molecule has 1 heterocycles. The molecular formula is C12H25BO3. The van der Waals surface area contributed by atoms with Gasteiger partial charge in [0.1, 0.15) is 7.85 Å². The minimum absolute atomic E-state index is 0.0357. The summed E-state index contributed by atoms with van der Waals surface area (Å²) in [7, 11) is 1.83. The zero-order valence-electron chi connectivity index (χ0n) is 11.1. The molecule has 0 saturated carbocycles. The van der Waals surface area contributed by atoms with Crippen LogP contribution in [0.3, 0.4) is 0 Å². The Labute approximate surface area is 99.6 Å². The predicted molar refractivity (Wildman–Crippen MR) is 67.0 cm³/mol. The van der Waals surface area contributed by atoms with Gasteiger partial charge in [0, 0.05) is 5.92 Å². The monoisotopic (exact) mass is 228 g/mol. The molecule has 0 aromatic rings. The van der Waals surface area contributed by atoms with Crippen LogP contribution in [-0.4, -0.2) is 42.4 Å². The number of hydrogen-bond acceptors (Lipinski definition) is 3. The molecule has 94 valence electrons. The van der Waals surface area contributed by atoms with Gasteiger partial charge in [0.25, 0.3) is 0 Å². The van der Waals surface area contributed by atoms with Crippen molar-refractivity contribution in [2.45, 2.75) is 58.4 Å². The fourth-order valence-electron chi connectivity index (χ4n) is 2.67. The molecule has 5 unspecified atom stereocenters. The van der Waals surface area contributed by atoms with Gasteiger partial charge in [-0.1, -0.05) is 27.7 Å². The smallest absolute Gasteiger partial charge is 0.142 e. The largest absolute Gasteiger partial charge is 0.390 e. The third-order valence-electron chi connectivity index (χ3n) is 3.52. The van der Waals surface area contributed by atoms with Crippen molar-refractivity contribution in [1.82, 2.24) is 0 Å². The summed E-state index contributed by atoms with van der Waals surface area (Å²) < 4.78 is 5.84. The molecule has 1 aliphatic heterocycles. The summed E-state index contributed by atoms with van der Waals surface area (Å²) in [6.07, 6.45) is -0.409. The lowest BCUT2D eigenvalue weighted by molar-refractivity contribution is -0.187. The summed E-state index contributed by atoms with van der Waals surface area (Å²) in [5.74, 6) is 0.899. The van der Waals surface area contributed by atoms with Crippen molar-refractivity contribution in [2.24, 2.45) is 17.8 Å². The molecule has 0 aliphatic carbocycles. The van der Waals surface area contributed by atoms with E-state index in [9.17, 15) is 10.2 Å². The van der Waals surface area contributed by atoms with Gasteiger partial charge in [-0.2, -0.15) is 0 Å². The summed E-state index contributed by atoms with van der Waals surface area (Å²) >= 11 is 0. The molecule has 3 nitrogen and oxygen atoms in total. The Morgan fingerprint density at radius 3 is 2.12 bits per heavy atom. The molecule has 4 heteroatoms. The molecule has 0 aromatic carbocycles. The third kappa shape index (κ3) is 2.99. The molecular weight excluding hydrogens is 203 g/mol. The fraction of sp³-hybridized carbons (Fsp3) is 1.00. The van der Waals surface area contributed by atoms with E-state index in [1.807, 2.05) is 7.85 Å². The maximum atomic E-state index is 10.1. The Morgan fingerprint density at radius 2 is 1.69 bits per heavy atom. The van der Waals surface area contributed by atoms with E-state index in [0.29, 0.717) is 11.8 Å². The van der Waals surface area contributed by atoms with E-state index in [4.69, 9.17) is 4.74 Å². The lowest BCUT2D eigenvalue weighted by atomic mass is 9.74. The van der Waals surface area contributed by atoms with E-state index < -0.39 is 12.2 Å². The topological polar surface area (TPSA) is 49.7 Å². The third-order valence-corrected chi connectivity index (χ3v) is 3.52. The van der Waals surface area contributed by atoms with Crippen molar-refractivity contribution in [3.8, 4) is 0 Å². The zero-order valence-corrected chi connectivity index (χ0v) is 11.1. The van der Waals surface area contributed by atoms with Gasteiger partial charge in [-0.25, -0.2) is 0 Å². The van der Waals surface area contributed by atoms with Crippen LogP contribution in [0, 0.1) is 17.8 Å². The van der Waals surface area contributed by atoms with Crippen LogP contribution < -0.4 is 0 Å². The average Bonchev–Trinajstić information content (AvgIpc) is 2.12. The summed E-state index contributed by atoms with van der Waals surface area (Å²) in [4.78, 5) is 0. The molecule has 0 radical (unpaired) electrons.